The summed E-state index contributed by atoms with van der Waals surface area (Å²) < 4.78 is 0. The lowest BCUT2D eigenvalue weighted by Crippen LogP contribution is -2.50. The van der Waals surface area contributed by atoms with Gasteiger partial charge in [-0.3, -0.25) is 0 Å². The fourth-order valence-electron chi connectivity index (χ4n) is 6.05. The molecule has 1 unspecified atom stereocenters. The summed E-state index contributed by atoms with van der Waals surface area (Å²) in [6.45, 7) is 10.9. The first kappa shape index (κ1) is 27.8. The minimum atomic E-state index is -1.26. The lowest BCUT2D eigenvalue weighted by molar-refractivity contribution is -0.134. The molecule has 1 saturated carbocycles. The summed E-state index contributed by atoms with van der Waals surface area (Å²) >= 11 is 0. The van der Waals surface area contributed by atoms with Crippen LogP contribution in [0.4, 0.5) is 0 Å². The van der Waals surface area contributed by atoms with E-state index in [1.165, 1.54) is 38.5 Å². The highest BCUT2D eigenvalue weighted by Crippen LogP contribution is 2.61. The van der Waals surface area contributed by atoms with E-state index in [0.717, 1.165) is 12.3 Å². The Morgan fingerprint density at radius 2 is 1.91 bits per heavy atom. The summed E-state index contributed by atoms with van der Waals surface area (Å²) in [5.74, 6) is -0.458. The lowest BCUT2D eigenvalue weighted by Gasteiger charge is -2.57. The van der Waals surface area contributed by atoms with Crippen LogP contribution in [0.2, 0.25) is 0 Å². The standard InChI is InChI=1S/C23H38N2O.C4H4O4/c1-17(2)18-7-9-20-19(15-18)8-10-21-22(3,11-5-12-23(20,21)4)16-25-26-14-6-13-24;5-3(6)1-2-4(7)8/h8,15-17,20-21H,5-7,9-14,24H2,1-4H3;1-2H,(H,5,6)(H,7,8)/b25-16+;2-1+/t20-,21?,22+,23+;/m0./s1. The number of oxime groups is 1. The van der Waals surface area contributed by atoms with E-state index in [0.29, 0.717) is 42.6 Å². The minimum absolute atomic E-state index is 0.139. The SMILES string of the molecule is CC(C)C1=CC2=CCC3[C@@](C)(/C=N/OCCCN)CCC[C@]3(C)[C@H]2CC1.O=C(O)/C=C/C(=O)O. The van der Waals surface area contributed by atoms with E-state index in [1.807, 2.05) is 0 Å². The molecule has 4 N–H and O–H groups in total. The van der Waals surface area contributed by atoms with E-state index in [2.05, 4.69) is 51.2 Å². The van der Waals surface area contributed by atoms with Crippen LogP contribution in [0, 0.1) is 28.6 Å². The molecule has 0 amide bonds. The third-order valence-electron chi connectivity index (χ3n) is 7.86. The first-order valence-corrected chi connectivity index (χ1v) is 12.4. The van der Waals surface area contributed by atoms with Gasteiger partial charge in [-0.15, -0.1) is 0 Å². The normalized spacial score (nSPS) is 30.6. The fraction of sp³-hybridized carbons (Fsp3) is 0.667. The molecule has 0 radical (unpaired) electrons. The zero-order valence-electron chi connectivity index (χ0n) is 21.1. The zero-order valence-corrected chi connectivity index (χ0v) is 21.1. The van der Waals surface area contributed by atoms with Crippen molar-refractivity contribution in [3.05, 3.63) is 35.5 Å². The Labute approximate surface area is 203 Å². The summed E-state index contributed by atoms with van der Waals surface area (Å²) in [7, 11) is 0. The topological polar surface area (TPSA) is 122 Å². The van der Waals surface area contributed by atoms with E-state index < -0.39 is 11.9 Å². The molecule has 3 rings (SSSR count). The predicted molar refractivity (Wildman–Crippen MR) is 134 cm³/mol. The van der Waals surface area contributed by atoms with Gasteiger partial charge in [0.2, 0.25) is 0 Å². The second-order valence-electron chi connectivity index (χ2n) is 10.5. The first-order chi connectivity index (χ1) is 16.0. The van der Waals surface area contributed by atoms with Gasteiger partial charge in [-0.25, -0.2) is 9.59 Å². The van der Waals surface area contributed by atoms with Crippen LogP contribution in [0.1, 0.15) is 72.6 Å². The van der Waals surface area contributed by atoms with Crippen molar-refractivity contribution in [1.82, 2.24) is 0 Å². The monoisotopic (exact) mass is 474 g/mol. The van der Waals surface area contributed by atoms with Crippen molar-refractivity contribution in [3.8, 4) is 0 Å². The molecule has 0 aromatic heterocycles. The number of aliphatic carboxylic acids is 2. The number of rotatable bonds is 8. The van der Waals surface area contributed by atoms with Gasteiger partial charge >= 0.3 is 11.9 Å². The van der Waals surface area contributed by atoms with Crippen molar-refractivity contribution in [2.45, 2.75) is 72.6 Å². The number of carbonyl (C=O) groups is 2. The van der Waals surface area contributed by atoms with Crippen LogP contribution in [-0.4, -0.2) is 41.5 Å². The number of hydrogen-bond acceptors (Lipinski definition) is 5. The minimum Gasteiger partial charge on any atom is -0.478 e. The Bertz CT molecular complexity index is 828. The van der Waals surface area contributed by atoms with Crippen molar-refractivity contribution >= 4 is 18.2 Å². The first-order valence-electron chi connectivity index (χ1n) is 12.4. The van der Waals surface area contributed by atoms with Crippen LogP contribution >= 0.6 is 0 Å². The Kier molecular flexibility index (Phi) is 10.1. The number of hydrogen-bond donors (Lipinski definition) is 3. The Hall–Kier alpha value is -2.41. The lowest BCUT2D eigenvalue weighted by atomic mass is 9.47. The third-order valence-corrected chi connectivity index (χ3v) is 7.86. The van der Waals surface area contributed by atoms with Crippen LogP contribution in [0.25, 0.3) is 0 Å². The summed E-state index contributed by atoms with van der Waals surface area (Å²) in [4.78, 5) is 24.6. The Morgan fingerprint density at radius 1 is 1.24 bits per heavy atom. The molecule has 0 aromatic rings. The Morgan fingerprint density at radius 3 is 2.50 bits per heavy atom. The molecule has 3 aliphatic rings. The van der Waals surface area contributed by atoms with Gasteiger partial charge < -0.3 is 20.8 Å². The van der Waals surface area contributed by atoms with E-state index in [4.69, 9.17) is 20.8 Å². The number of allylic oxidation sites excluding steroid dienone is 4. The summed E-state index contributed by atoms with van der Waals surface area (Å²) in [6, 6.07) is 0. The van der Waals surface area contributed by atoms with Gasteiger partial charge in [0.15, 0.2) is 0 Å². The molecule has 0 saturated heterocycles. The molecule has 0 spiro atoms. The number of carboxylic acids is 2. The molecule has 4 atom stereocenters. The summed E-state index contributed by atoms with van der Waals surface area (Å²) in [5.41, 5.74) is 9.32. The molecule has 7 nitrogen and oxygen atoms in total. The maximum absolute atomic E-state index is 9.55. The van der Waals surface area contributed by atoms with Gasteiger partial charge in [0.1, 0.15) is 6.61 Å². The average molecular weight is 475 g/mol. The van der Waals surface area contributed by atoms with Gasteiger partial charge in [0.05, 0.1) is 0 Å². The summed E-state index contributed by atoms with van der Waals surface area (Å²) in [6.07, 6.45) is 16.8. The highest BCUT2D eigenvalue weighted by atomic mass is 16.6. The largest absolute Gasteiger partial charge is 0.478 e. The van der Waals surface area contributed by atoms with Crippen LogP contribution in [0.15, 0.2) is 40.6 Å². The molecule has 1 fully saturated rings. The molecule has 0 aromatic carbocycles. The van der Waals surface area contributed by atoms with Crippen LogP contribution in [0.3, 0.4) is 0 Å². The zero-order chi connectivity index (χ0) is 25.4. The van der Waals surface area contributed by atoms with E-state index >= 15 is 0 Å². The van der Waals surface area contributed by atoms with Crippen molar-refractivity contribution < 1.29 is 24.6 Å². The molecule has 3 aliphatic carbocycles. The smallest absolute Gasteiger partial charge is 0.328 e. The van der Waals surface area contributed by atoms with E-state index in [-0.39, 0.29) is 5.41 Å². The number of nitrogens with zero attached hydrogens (tertiary/aromatic N) is 1. The van der Waals surface area contributed by atoms with Crippen molar-refractivity contribution in [1.29, 1.82) is 0 Å². The van der Waals surface area contributed by atoms with Crippen LogP contribution in [0.5, 0.6) is 0 Å². The van der Waals surface area contributed by atoms with Gasteiger partial charge in [0.25, 0.3) is 0 Å². The maximum Gasteiger partial charge on any atom is 0.328 e. The van der Waals surface area contributed by atoms with Crippen molar-refractivity contribution in [2.24, 2.45) is 39.5 Å². The van der Waals surface area contributed by atoms with E-state index in [9.17, 15) is 9.59 Å². The fourth-order valence-corrected chi connectivity index (χ4v) is 6.05. The number of carboxylic acid groups (broad SMARTS) is 2. The molecule has 0 bridgehead atoms. The van der Waals surface area contributed by atoms with Gasteiger partial charge in [-0.05, 0) is 73.8 Å². The number of fused-ring (bicyclic) bond motifs is 3. The van der Waals surface area contributed by atoms with Crippen molar-refractivity contribution in [3.63, 3.8) is 0 Å². The van der Waals surface area contributed by atoms with Gasteiger partial charge in [0, 0.05) is 23.8 Å². The van der Waals surface area contributed by atoms with Crippen LogP contribution in [-0.2, 0) is 14.4 Å². The molecular formula is C27H42N2O5. The third kappa shape index (κ3) is 7.05. The van der Waals surface area contributed by atoms with Crippen LogP contribution < -0.4 is 5.73 Å². The predicted octanol–water partition coefficient (Wildman–Crippen LogP) is 5.18. The molecule has 0 heterocycles. The van der Waals surface area contributed by atoms with E-state index in [1.54, 1.807) is 11.1 Å². The molecule has 0 aliphatic heterocycles. The molecule has 7 heteroatoms. The average Bonchev–Trinajstić information content (AvgIpc) is 2.77. The summed E-state index contributed by atoms with van der Waals surface area (Å²) in [5, 5.41) is 20.0. The quantitative estimate of drug-likeness (QED) is 0.193. The molecule has 34 heavy (non-hydrogen) atoms. The number of nitrogens with two attached hydrogens (primary N) is 1. The Balaban J connectivity index is 0.000000440. The van der Waals surface area contributed by atoms with Crippen molar-refractivity contribution in [2.75, 3.05) is 13.2 Å². The van der Waals surface area contributed by atoms with Gasteiger partial charge in [-0.1, -0.05) is 57.0 Å². The maximum atomic E-state index is 9.55. The second kappa shape index (κ2) is 12.3. The molecule has 190 valence electrons. The highest BCUT2D eigenvalue weighted by molar-refractivity contribution is 5.89. The molecular weight excluding hydrogens is 432 g/mol. The van der Waals surface area contributed by atoms with Gasteiger partial charge in [-0.2, -0.15) is 0 Å². The second-order valence-corrected chi connectivity index (χ2v) is 10.5. The highest BCUT2D eigenvalue weighted by Gasteiger charge is 2.53.